The second-order valence-electron chi connectivity index (χ2n) is 8.73. The van der Waals surface area contributed by atoms with Crippen LogP contribution in [0.2, 0.25) is 10.0 Å². The van der Waals surface area contributed by atoms with Gasteiger partial charge in [0, 0.05) is 42.8 Å². The number of rotatable bonds is 7. The van der Waals surface area contributed by atoms with Crippen molar-refractivity contribution in [3.63, 3.8) is 0 Å². The molecule has 0 aromatic heterocycles. The van der Waals surface area contributed by atoms with Crippen LogP contribution in [0.4, 0.5) is 0 Å². The quantitative estimate of drug-likeness (QED) is 0.560. The lowest BCUT2D eigenvalue weighted by Crippen LogP contribution is -2.57. The summed E-state index contributed by atoms with van der Waals surface area (Å²) < 4.78 is 12.4. The van der Waals surface area contributed by atoms with Gasteiger partial charge in [-0.05, 0) is 61.2 Å². The van der Waals surface area contributed by atoms with Gasteiger partial charge in [0.2, 0.25) is 5.91 Å². The Morgan fingerprint density at radius 2 is 1.78 bits per heavy atom. The molecule has 0 unspecified atom stereocenters. The van der Waals surface area contributed by atoms with Gasteiger partial charge in [0.05, 0.1) is 13.0 Å². The van der Waals surface area contributed by atoms with E-state index in [1.807, 2.05) is 35.2 Å². The maximum absolute atomic E-state index is 13.2. The maximum atomic E-state index is 13.2. The minimum atomic E-state index is -0.703. The van der Waals surface area contributed by atoms with Gasteiger partial charge >= 0.3 is 0 Å². The number of halogens is 2. The molecule has 2 aromatic rings. The van der Waals surface area contributed by atoms with Gasteiger partial charge in [0.1, 0.15) is 18.0 Å². The fourth-order valence-electron chi connectivity index (χ4n) is 4.47. The summed E-state index contributed by atoms with van der Waals surface area (Å²) in [6, 6.07) is 15.2. The van der Waals surface area contributed by atoms with Gasteiger partial charge < -0.3 is 14.4 Å². The lowest BCUT2D eigenvalue weighted by atomic mass is 9.95. The third-order valence-corrected chi connectivity index (χ3v) is 6.61. The van der Waals surface area contributed by atoms with Gasteiger partial charge in [-0.3, -0.25) is 9.69 Å². The van der Waals surface area contributed by atoms with Gasteiger partial charge in [0.25, 0.3) is 0 Å². The van der Waals surface area contributed by atoms with Crippen LogP contribution in [-0.4, -0.2) is 60.7 Å². The number of nitrogens with zero attached hydrogens (tertiary/aromatic N) is 2. The highest BCUT2D eigenvalue weighted by atomic mass is 35.5. The molecule has 0 saturated carbocycles. The zero-order chi connectivity index (χ0) is 22.4. The summed E-state index contributed by atoms with van der Waals surface area (Å²) >= 11 is 12.2. The van der Waals surface area contributed by atoms with Crippen LogP contribution in [0.5, 0.6) is 5.75 Å². The summed E-state index contributed by atoms with van der Waals surface area (Å²) in [4.78, 5) is 17.5. The summed E-state index contributed by atoms with van der Waals surface area (Å²) in [6.45, 7) is 4.70. The van der Waals surface area contributed by atoms with E-state index in [0.717, 1.165) is 55.4 Å². The third kappa shape index (κ3) is 6.38. The molecule has 32 heavy (non-hydrogen) atoms. The Hall–Kier alpha value is -1.79. The summed E-state index contributed by atoms with van der Waals surface area (Å²) in [5, 5.41) is 1.39. The van der Waals surface area contributed by atoms with Gasteiger partial charge in [-0.15, -0.1) is 0 Å². The molecule has 0 N–H and O–H groups in total. The molecule has 2 saturated heterocycles. The number of benzene rings is 2. The van der Waals surface area contributed by atoms with E-state index in [1.54, 1.807) is 12.1 Å². The van der Waals surface area contributed by atoms with Crippen molar-refractivity contribution in [2.24, 2.45) is 0 Å². The maximum Gasteiger partial charge on any atom is 0.225 e. The highest BCUT2D eigenvalue weighted by Gasteiger charge is 2.41. The van der Waals surface area contributed by atoms with Crippen molar-refractivity contribution in [2.75, 3.05) is 39.4 Å². The summed E-state index contributed by atoms with van der Waals surface area (Å²) in [5.74, 6) is 0.865. The molecule has 1 atom stereocenters. The third-order valence-electron chi connectivity index (χ3n) is 6.12. The molecule has 172 valence electrons. The molecule has 0 bridgehead atoms. The molecule has 2 heterocycles. The number of amides is 1. The lowest BCUT2D eigenvalue weighted by molar-refractivity contribution is -0.157. The lowest BCUT2D eigenvalue weighted by Gasteiger charge is -2.43. The van der Waals surface area contributed by atoms with Crippen molar-refractivity contribution in [3.05, 3.63) is 64.1 Å². The summed E-state index contributed by atoms with van der Waals surface area (Å²) in [5.41, 5.74) is 0.444. The van der Waals surface area contributed by atoms with Crippen LogP contribution in [0, 0.1) is 0 Å². The molecule has 2 aliphatic heterocycles. The van der Waals surface area contributed by atoms with Crippen molar-refractivity contribution >= 4 is 29.1 Å². The Kier molecular flexibility index (Phi) is 7.95. The first-order valence-corrected chi connectivity index (χ1v) is 12.0. The van der Waals surface area contributed by atoms with Gasteiger partial charge in [-0.25, -0.2) is 0 Å². The van der Waals surface area contributed by atoms with E-state index < -0.39 is 5.60 Å². The Bertz CT molecular complexity index is 902. The molecular weight excluding hydrogens is 447 g/mol. The Balaban J connectivity index is 1.48. The number of carbonyl (C=O) groups excluding carboxylic acids is 1. The SMILES string of the molecule is O=C(C[C@@]1(COc2ccc(Cl)cc2)CN(Cc2cccc(Cl)c2)CCO1)N1CCCCC1. The topological polar surface area (TPSA) is 42.0 Å². The van der Waals surface area contributed by atoms with Crippen LogP contribution in [0.1, 0.15) is 31.2 Å². The van der Waals surface area contributed by atoms with E-state index in [2.05, 4.69) is 11.0 Å². The highest BCUT2D eigenvalue weighted by molar-refractivity contribution is 6.30. The predicted octanol–water partition coefficient (Wildman–Crippen LogP) is 5.05. The zero-order valence-corrected chi connectivity index (χ0v) is 19.8. The second kappa shape index (κ2) is 10.9. The largest absolute Gasteiger partial charge is 0.491 e. The Morgan fingerprint density at radius 3 is 2.53 bits per heavy atom. The average molecular weight is 477 g/mol. The number of ether oxygens (including phenoxy) is 2. The van der Waals surface area contributed by atoms with Crippen molar-refractivity contribution in [2.45, 2.75) is 37.8 Å². The van der Waals surface area contributed by atoms with E-state index >= 15 is 0 Å². The minimum Gasteiger partial charge on any atom is -0.491 e. The molecular formula is C25H30Cl2N2O3. The van der Waals surface area contributed by atoms with Gasteiger partial charge in [0.15, 0.2) is 0 Å². The van der Waals surface area contributed by atoms with Gasteiger partial charge in [-0.1, -0.05) is 35.3 Å². The van der Waals surface area contributed by atoms with E-state index in [4.69, 9.17) is 32.7 Å². The summed E-state index contributed by atoms with van der Waals surface area (Å²) in [7, 11) is 0. The van der Waals surface area contributed by atoms with Crippen LogP contribution >= 0.6 is 23.2 Å². The first kappa shape index (κ1) is 23.4. The van der Waals surface area contributed by atoms with E-state index in [-0.39, 0.29) is 5.91 Å². The standard InChI is InChI=1S/C25H30Cl2N2O3/c26-21-7-9-23(10-8-21)31-19-25(16-24(30)29-11-2-1-3-12-29)18-28(13-14-32-25)17-20-5-4-6-22(27)15-20/h4-10,15H,1-3,11-14,16-19H2/t25-/m0/s1. The molecule has 0 radical (unpaired) electrons. The van der Waals surface area contributed by atoms with Crippen molar-refractivity contribution in [1.29, 1.82) is 0 Å². The smallest absolute Gasteiger partial charge is 0.225 e. The van der Waals surface area contributed by atoms with Crippen LogP contribution in [0.15, 0.2) is 48.5 Å². The Morgan fingerprint density at radius 1 is 1.00 bits per heavy atom. The molecule has 0 spiro atoms. The second-order valence-corrected chi connectivity index (χ2v) is 9.61. The van der Waals surface area contributed by atoms with Gasteiger partial charge in [-0.2, -0.15) is 0 Å². The van der Waals surface area contributed by atoms with Crippen LogP contribution in [0.3, 0.4) is 0 Å². The van der Waals surface area contributed by atoms with E-state index in [9.17, 15) is 4.79 Å². The fraction of sp³-hybridized carbons (Fsp3) is 0.480. The zero-order valence-electron chi connectivity index (χ0n) is 18.3. The number of hydrogen-bond acceptors (Lipinski definition) is 4. The first-order chi connectivity index (χ1) is 15.5. The number of morpholine rings is 1. The molecule has 2 aromatic carbocycles. The summed E-state index contributed by atoms with van der Waals surface area (Å²) in [6.07, 6.45) is 3.65. The fourth-order valence-corrected chi connectivity index (χ4v) is 4.81. The average Bonchev–Trinajstić information content (AvgIpc) is 2.80. The number of piperidine rings is 1. The first-order valence-electron chi connectivity index (χ1n) is 11.3. The van der Waals surface area contributed by atoms with Crippen molar-refractivity contribution < 1.29 is 14.3 Å². The number of carbonyl (C=O) groups is 1. The Labute approximate surface area is 200 Å². The monoisotopic (exact) mass is 476 g/mol. The van der Waals surface area contributed by atoms with Crippen molar-refractivity contribution in [1.82, 2.24) is 9.80 Å². The predicted molar refractivity (Wildman–Crippen MR) is 127 cm³/mol. The van der Waals surface area contributed by atoms with E-state index in [1.165, 1.54) is 6.42 Å². The molecule has 7 heteroatoms. The van der Waals surface area contributed by atoms with E-state index in [0.29, 0.717) is 31.2 Å². The highest BCUT2D eigenvalue weighted by Crippen LogP contribution is 2.28. The minimum absolute atomic E-state index is 0.147. The molecule has 0 aliphatic carbocycles. The molecule has 5 nitrogen and oxygen atoms in total. The molecule has 2 aliphatic rings. The number of likely N-dealkylation sites (tertiary alicyclic amines) is 1. The van der Waals surface area contributed by atoms with Crippen molar-refractivity contribution in [3.8, 4) is 5.75 Å². The molecule has 4 rings (SSSR count). The molecule has 2 fully saturated rings. The van der Waals surface area contributed by atoms with Crippen LogP contribution in [-0.2, 0) is 16.1 Å². The normalized spacial score (nSPS) is 22.0. The molecule has 1 amide bonds. The van der Waals surface area contributed by atoms with Crippen LogP contribution in [0.25, 0.3) is 0 Å². The number of hydrogen-bond donors (Lipinski definition) is 0. The van der Waals surface area contributed by atoms with Crippen LogP contribution < -0.4 is 4.74 Å².